The van der Waals surface area contributed by atoms with Gasteiger partial charge >= 0.3 is 18.0 Å². The van der Waals surface area contributed by atoms with Gasteiger partial charge in [0.25, 0.3) is 0 Å². The summed E-state index contributed by atoms with van der Waals surface area (Å²) in [5.74, 6) is -1.65. The van der Waals surface area contributed by atoms with E-state index in [1.165, 1.54) is 34.2 Å². The lowest BCUT2D eigenvalue weighted by molar-refractivity contribution is -0.159. The summed E-state index contributed by atoms with van der Waals surface area (Å²) in [5, 5.41) is 16.0. The number of piperazine rings is 1. The SMILES string of the molecule is O=C(O)C(=O)O.O=C1Cc2cccn2C(=O)N1CC1CCCCC1CN1CCN(c2nsc3ccccc23)CC1. The van der Waals surface area contributed by atoms with Crippen molar-refractivity contribution in [3.63, 3.8) is 0 Å². The first-order valence-corrected chi connectivity index (χ1v) is 14.4. The van der Waals surface area contributed by atoms with Crippen molar-refractivity contribution in [2.75, 3.05) is 44.2 Å². The van der Waals surface area contributed by atoms with Crippen LogP contribution in [0, 0.1) is 11.8 Å². The third kappa shape index (κ3) is 6.02. The quantitative estimate of drug-likeness (QED) is 0.445. The molecule has 2 amide bonds. The van der Waals surface area contributed by atoms with E-state index in [0.29, 0.717) is 24.8 Å². The lowest BCUT2D eigenvalue weighted by atomic mass is 9.78. The van der Waals surface area contributed by atoms with Crippen LogP contribution in [0.3, 0.4) is 0 Å². The second kappa shape index (κ2) is 12.2. The van der Waals surface area contributed by atoms with Crippen LogP contribution in [0.2, 0.25) is 0 Å². The Kier molecular flexibility index (Phi) is 8.46. The Morgan fingerprint density at radius 3 is 2.27 bits per heavy atom. The van der Waals surface area contributed by atoms with Gasteiger partial charge in [-0.15, -0.1) is 0 Å². The first-order chi connectivity index (χ1) is 19.3. The number of aliphatic carboxylic acids is 2. The van der Waals surface area contributed by atoms with Crippen molar-refractivity contribution in [3.05, 3.63) is 48.3 Å². The van der Waals surface area contributed by atoms with Crippen LogP contribution in [-0.2, 0) is 20.8 Å². The van der Waals surface area contributed by atoms with Crippen molar-refractivity contribution < 1.29 is 29.4 Å². The fourth-order valence-corrected chi connectivity index (χ4v) is 6.78. The minimum absolute atomic E-state index is 0.0513. The van der Waals surface area contributed by atoms with Gasteiger partial charge in [0.05, 0.1) is 11.1 Å². The summed E-state index contributed by atoms with van der Waals surface area (Å²) in [4.78, 5) is 50.4. The standard InChI is InChI=1S/C26H31N5O2S.C2H2O4/c32-24-16-21-8-5-11-30(21)26(33)31(24)18-20-7-2-1-6-19(20)17-28-12-14-29(15-13-28)25-22-9-3-4-10-23(22)34-27-25;3-1(4)2(5)6/h3-5,8-11,19-20H,1-2,6-7,12-18H2;(H,3,4)(H,5,6). The molecule has 2 atom stereocenters. The average molecular weight is 568 g/mol. The number of fused-ring (bicyclic) bond motifs is 2. The maximum atomic E-state index is 12.9. The topological polar surface area (TPSA) is 136 Å². The highest BCUT2D eigenvalue weighted by atomic mass is 32.1. The van der Waals surface area contributed by atoms with Crippen LogP contribution >= 0.6 is 11.5 Å². The summed E-state index contributed by atoms with van der Waals surface area (Å²) in [7, 11) is 0. The number of carbonyl (C=O) groups is 4. The van der Waals surface area contributed by atoms with Gasteiger partial charge in [-0.25, -0.2) is 14.4 Å². The minimum atomic E-state index is -1.82. The number of anilines is 1. The number of imide groups is 1. The molecule has 2 N–H and O–H groups in total. The van der Waals surface area contributed by atoms with E-state index in [1.807, 2.05) is 12.1 Å². The highest BCUT2D eigenvalue weighted by Crippen LogP contribution is 2.34. The van der Waals surface area contributed by atoms with Crippen LogP contribution in [0.5, 0.6) is 0 Å². The van der Waals surface area contributed by atoms with Gasteiger partial charge in [0.1, 0.15) is 5.82 Å². The van der Waals surface area contributed by atoms with Crippen molar-refractivity contribution in [3.8, 4) is 0 Å². The minimum Gasteiger partial charge on any atom is -0.473 e. The Labute approximate surface area is 235 Å². The molecule has 2 aromatic heterocycles. The van der Waals surface area contributed by atoms with E-state index < -0.39 is 11.9 Å². The molecule has 3 aliphatic rings. The number of hydrogen-bond acceptors (Lipinski definition) is 8. The van der Waals surface area contributed by atoms with E-state index in [1.54, 1.807) is 22.3 Å². The number of carbonyl (C=O) groups excluding carboxylic acids is 2. The van der Waals surface area contributed by atoms with Crippen molar-refractivity contribution in [1.82, 2.24) is 18.7 Å². The highest BCUT2D eigenvalue weighted by molar-refractivity contribution is 7.13. The zero-order valence-electron chi connectivity index (χ0n) is 22.1. The lowest BCUT2D eigenvalue weighted by Crippen LogP contribution is -2.51. The second-order valence-corrected chi connectivity index (χ2v) is 11.3. The van der Waals surface area contributed by atoms with Gasteiger partial charge in [0, 0.05) is 56.5 Å². The summed E-state index contributed by atoms with van der Waals surface area (Å²) >= 11 is 1.58. The van der Waals surface area contributed by atoms with Crippen LogP contribution in [0.25, 0.3) is 10.1 Å². The molecule has 0 bridgehead atoms. The third-order valence-electron chi connectivity index (χ3n) is 8.09. The first-order valence-electron chi connectivity index (χ1n) is 13.6. The highest BCUT2D eigenvalue weighted by Gasteiger charge is 2.36. The van der Waals surface area contributed by atoms with Crippen LogP contribution < -0.4 is 4.90 Å². The molecule has 2 aliphatic heterocycles. The Balaban J connectivity index is 0.000000487. The van der Waals surface area contributed by atoms with Crippen LogP contribution in [-0.4, -0.2) is 92.1 Å². The summed E-state index contributed by atoms with van der Waals surface area (Å²) in [6.07, 6.45) is 6.83. The van der Waals surface area contributed by atoms with Crippen molar-refractivity contribution in [2.24, 2.45) is 11.8 Å². The molecule has 1 saturated heterocycles. The number of nitrogens with zero attached hydrogens (tertiary/aromatic N) is 5. The smallest absolute Gasteiger partial charge is 0.414 e. The molecular formula is C28H33N5O6S. The molecule has 40 heavy (non-hydrogen) atoms. The van der Waals surface area contributed by atoms with Gasteiger partial charge < -0.3 is 15.1 Å². The Bertz CT molecular complexity index is 1380. The zero-order valence-corrected chi connectivity index (χ0v) is 23.0. The first kappa shape index (κ1) is 27.8. The fourth-order valence-electron chi connectivity index (χ4n) is 5.99. The second-order valence-electron chi connectivity index (χ2n) is 10.5. The number of rotatable bonds is 5. The number of aromatic nitrogens is 2. The number of hydrogen-bond donors (Lipinski definition) is 2. The van der Waals surface area contributed by atoms with E-state index in [4.69, 9.17) is 24.2 Å². The van der Waals surface area contributed by atoms with Crippen LogP contribution in [0.15, 0.2) is 42.6 Å². The van der Waals surface area contributed by atoms with Crippen LogP contribution in [0.4, 0.5) is 10.6 Å². The molecule has 1 aliphatic carbocycles. The normalized spacial score (nSPS) is 21.6. The summed E-state index contributed by atoms with van der Waals surface area (Å²) in [6, 6.07) is 12.0. The fraction of sp³-hybridized carbons (Fsp3) is 0.464. The molecule has 212 valence electrons. The van der Waals surface area contributed by atoms with Crippen molar-refractivity contribution in [1.29, 1.82) is 0 Å². The molecule has 4 heterocycles. The molecule has 0 spiro atoms. The van der Waals surface area contributed by atoms with Gasteiger partial charge in [0.2, 0.25) is 5.91 Å². The van der Waals surface area contributed by atoms with Gasteiger partial charge in [-0.05, 0) is 60.5 Å². The van der Waals surface area contributed by atoms with E-state index in [0.717, 1.165) is 50.7 Å². The van der Waals surface area contributed by atoms with Gasteiger partial charge in [-0.1, -0.05) is 25.0 Å². The number of carboxylic acid groups (broad SMARTS) is 2. The van der Waals surface area contributed by atoms with Gasteiger partial charge in [-0.2, -0.15) is 4.37 Å². The summed E-state index contributed by atoms with van der Waals surface area (Å²) < 4.78 is 7.63. The molecule has 1 aromatic carbocycles. The Morgan fingerprint density at radius 1 is 0.900 bits per heavy atom. The predicted molar refractivity (Wildman–Crippen MR) is 150 cm³/mol. The van der Waals surface area contributed by atoms with Gasteiger partial charge in [-0.3, -0.25) is 19.2 Å². The molecule has 2 fully saturated rings. The molecule has 11 nitrogen and oxygen atoms in total. The van der Waals surface area contributed by atoms with Crippen LogP contribution in [0.1, 0.15) is 31.4 Å². The molecule has 2 unspecified atom stereocenters. The average Bonchev–Trinajstić information content (AvgIpc) is 3.60. The van der Waals surface area contributed by atoms with Gasteiger partial charge in [0.15, 0.2) is 0 Å². The molecule has 3 aromatic rings. The van der Waals surface area contributed by atoms with Crippen molar-refractivity contribution >= 4 is 51.3 Å². The zero-order chi connectivity index (χ0) is 28.2. The molecule has 1 saturated carbocycles. The maximum Gasteiger partial charge on any atom is 0.414 e. The maximum absolute atomic E-state index is 12.9. The number of benzene rings is 1. The molecule has 0 radical (unpaired) electrons. The Hall–Kier alpha value is -3.77. The Morgan fingerprint density at radius 2 is 1.57 bits per heavy atom. The summed E-state index contributed by atoms with van der Waals surface area (Å²) in [6.45, 7) is 5.66. The summed E-state index contributed by atoms with van der Waals surface area (Å²) in [5.41, 5.74) is 0.803. The molecule has 6 rings (SSSR count). The number of amides is 2. The number of carboxylic acids is 2. The molecule has 12 heteroatoms. The predicted octanol–water partition coefficient (Wildman–Crippen LogP) is 3.23. The van der Waals surface area contributed by atoms with E-state index in [2.05, 4.69) is 34.1 Å². The van der Waals surface area contributed by atoms with Crippen molar-refractivity contribution in [2.45, 2.75) is 32.1 Å². The largest absolute Gasteiger partial charge is 0.473 e. The molecular weight excluding hydrogens is 534 g/mol. The monoisotopic (exact) mass is 567 g/mol. The lowest BCUT2D eigenvalue weighted by Gasteiger charge is -2.41. The third-order valence-corrected chi connectivity index (χ3v) is 8.91. The van der Waals surface area contributed by atoms with E-state index in [9.17, 15) is 9.59 Å². The van der Waals surface area contributed by atoms with E-state index in [-0.39, 0.29) is 11.9 Å². The van der Waals surface area contributed by atoms with E-state index >= 15 is 0 Å².